The van der Waals surface area contributed by atoms with E-state index in [1.165, 1.54) is 0 Å². The molecule has 0 atom stereocenters. The van der Waals surface area contributed by atoms with Crippen LogP contribution in [-0.4, -0.2) is 25.7 Å². The summed E-state index contributed by atoms with van der Waals surface area (Å²) in [6.07, 6.45) is 1.72. The van der Waals surface area contributed by atoms with Gasteiger partial charge in [0.15, 0.2) is 0 Å². The molecule has 0 spiro atoms. The number of hydrogen-bond donors (Lipinski definition) is 1. The van der Waals surface area contributed by atoms with Gasteiger partial charge in [0, 0.05) is 0 Å². The van der Waals surface area contributed by atoms with Crippen LogP contribution in [0.4, 0.5) is 0 Å². The molecule has 0 fully saturated rings. The first kappa shape index (κ1) is 8.67. The summed E-state index contributed by atoms with van der Waals surface area (Å²) in [5, 5.41) is 16.9. The van der Waals surface area contributed by atoms with Crippen LogP contribution in [0.2, 0.25) is 0 Å². The van der Waals surface area contributed by atoms with E-state index in [9.17, 15) is 5.11 Å². The maximum atomic E-state index is 9.38. The number of rotatable bonds is 2. The maximum absolute atomic E-state index is 9.38. The fraction of sp³-hybridized carbons (Fsp3) is 0.667. The fourth-order valence-electron chi connectivity index (χ4n) is 0.748. The molecule has 1 aromatic heterocycles. The molecule has 62 valence electrons. The highest BCUT2D eigenvalue weighted by Crippen LogP contribution is 2.07. The third-order valence-corrected chi connectivity index (χ3v) is 1.42. The summed E-state index contributed by atoms with van der Waals surface area (Å²) in [5.74, 6) is 0. The molecule has 1 N–H and O–H groups in total. The van der Waals surface area contributed by atoms with Crippen molar-refractivity contribution >= 4 is 15.9 Å². The second-order valence-corrected chi connectivity index (χ2v) is 3.86. The Balaban J connectivity index is 2.65. The number of hydrogen-bond acceptors (Lipinski definition) is 3. The first-order valence-corrected chi connectivity index (χ1v) is 4.05. The van der Waals surface area contributed by atoms with Crippen molar-refractivity contribution in [1.29, 1.82) is 0 Å². The Labute approximate surface area is 73.3 Å². The molecule has 0 radical (unpaired) electrons. The molecule has 0 aliphatic heterocycles. The predicted molar refractivity (Wildman–Crippen MR) is 44.0 cm³/mol. The number of nitrogens with zero attached hydrogens (tertiary/aromatic N) is 3. The molecule has 0 saturated heterocycles. The van der Waals surface area contributed by atoms with Crippen LogP contribution in [0.15, 0.2) is 10.8 Å². The topological polar surface area (TPSA) is 50.9 Å². The number of halogens is 1. The second kappa shape index (κ2) is 2.91. The Morgan fingerprint density at radius 3 is 2.73 bits per heavy atom. The van der Waals surface area contributed by atoms with Crippen molar-refractivity contribution in [2.45, 2.75) is 26.0 Å². The van der Waals surface area contributed by atoms with Crippen molar-refractivity contribution < 1.29 is 5.11 Å². The molecular formula is C6H10BrN3O. The van der Waals surface area contributed by atoms with Gasteiger partial charge in [-0.15, -0.1) is 5.10 Å². The molecule has 5 heteroatoms. The monoisotopic (exact) mass is 219 g/mol. The summed E-state index contributed by atoms with van der Waals surface area (Å²) in [7, 11) is 0. The normalized spacial score (nSPS) is 12.0. The highest BCUT2D eigenvalue weighted by molar-refractivity contribution is 9.10. The summed E-state index contributed by atoms with van der Waals surface area (Å²) in [5.41, 5.74) is -0.743. The predicted octanol–water partition coefficient (Wildman–Crippen LogP) is 0.812. The van der Waals surface area contributed by atoms with Crippen LogP contribution in [0.5, 0.6) is 0 Å². The van der Waals surface area contributed by atoms with E-state index >= 15 is 0 Å². The molecule has 0 amide bonds. The maximum Gasteiger partial charge on any atom is 0.148 e. The van der Waals surface area contributed by atoms with Gasteiger partial charge in [-0.25, -0.2) is 4.68 Å². The molecule has 0 aromatic carbocycles. The molecule has 4 nitrogen and oxygen atoms in total. The van der Waals surface area contributed by atoms with E-state index in [0.717, 1.165) is 0 Å². The average Bonchev–Trinajstić information content (AvgIpc) is 2.10. The zero-order valence-corrected chi connectivity index (χ0v) is 8.04. The molecule has 1 aromatic rings. The van der Waals surface area contributed by atoms with Crippen molar-refractivity contribution in [2.75, 3.05) is 0 Å². The first-order chi connectivity index (χ1) is 4.97. The Bertz CT molecular complexity index is 240. The van der Waals surface area contributed by atoms with Gasteiger partial charge >= 0.3 is 0 Å². The van der Waals surface area contributed by atoms with Gasteiger partial charge < -0.3 is 5.11 Å². The van der Waals surface area contributed by atoms with Gasteiger partial charge in [0.25, 0.3) is 0 Å². The molecular weight excluding hydrogens is 210 g/mol. The Morgan fingerprint density at radius 1 is 1.73 bits per heavy atom. The van der Waals surface area contributed by atoms with Crippen LogP contribution in [0.1, 0.15) is 13.8 Å². The second-order valence-electron chi connectivity index (χ2n) is 3.05. The lowest BCUT2D eigenvalue weighted by molar-refractivity contribution is 0.0571. The summed E-state index contributed by atoms with van der Waals surface area (Å²) in [6.45, 7) is 3.90. The van der Waals surface area contributed by atoms with E-state index in [4.69, 9.17) is 0 Å². The van der Waals surface area contributed by atoms with E-state index in [-0.39, 0.29) is 0 Å². The third kappa shape index (κ3) is 2.98. The molecule has 0 aliphatic rings. The third-order valence-electron chi connectivity index (χ3n) is 1.06. The fourth-order valence-corrected chi connectivity index (χ4v) is 1.06. The van der Waals surface area contributed by atoms with E-state index in [1.807, 2.05) is 0 Å². The molecule has 1 rings (SSSR count). The highest BCUT2D eigenvalue weighted by Gasteiger charge is 2.13. The Hall–Kier alpha value is -0.420. The van der Waals surface area contributed by atoms with Crippen LogP contribution in [0.3, 0.4) is 0 Å². The molecule has 0 aliphatic carbocycles. The summed E-state index contributed by atoms with van der Waals surface area (Å²) in [6, 6.07) is 0. The van der Waals surface area contributed by atoms with E-state index in [0.29, 0.717) is 11.1 Å². The van der Waals surface area contributed by atoms with Gasteiger partial charge in [-0.05, 0) is 29.8 Å². The summed E-state index contributed by atoms with van der Waals surface area (Å²) < 4.78 is 2.27. The quantitative estimate of drug-likeness (QED) is 0.802. The zero-order valence-electron chi connectivity index (χ0n) is 6.45. The molecule has 0 unspecified atom stereocenters. The van der Waals surface area contributed by atoms with Crippen LogP contribution in [0, 0.1) is 0 Å². The summed E-state index contributed by atoms with van der Waals surface area (Å²) >= 11 is 3.16. The van der Waals surface area contributed by atoms with Gasteiger partial charge in [-0.3, -0.25) is 0 Å². The highest BCUT2D eigenvalue weighted by atomic mass is 79.9. The van der Waals surface area contributed by atoms with Gasteiger partial charge in [-0.2, -0.15) is 0 Å². The van der Waals surface area contributed by atoms with Crippen LogP contribution < -0.4 is 0 Å². The minimum atomic E-state index is -0.743. The van der Waals surface area contributed by atoms with Crippen LogP contribution in [0.25, 0.3) is 0 Å². The largest absolute Gasteiger partial charge is 0.389 e. The van der Waals surface area contributed by atoms with Crippen molar-refractivity contribution in [3.8, 4) is 0 Å². The van der Waals surface area contributed by atoms with Gasteiger partial charge in [0.1, 0.15) is 4.60 Å². The van der Waals surface area contributed by atoms with Gasteiger partial charge in [0.05, 0.1) is 18.3 Å². The minimum Gasteiger partial charge on any atom is -0.389 e. The molecule has 1 heterocycles. The Kier molecular flexibility index (Phi) is 2.29. The zero-order chi connectivity index (χ0) is 8.48. The number of aromatic nitrogens is 3. The number of aliphatic hydroxyl groups is 1. The van der Waals surface area contributed by atoms with E-state index < -0.39 is 5.60 Å². The van der Waals surface area contributed by atoms with Crippen LogP contribution in [-0.2, 0) is 6.54 Å². The minimum absolute atomic E-state index is 0.450. The lowest BCUT2D eigenvalue weighted by Crippen LogP contribution is -2.26. The summed E-state index contributed by atoms with van der Waals surface area (Å²) in [4.78, 5) is 0. The van der Waals surface area contributed by atoms with Crippen molar-refractivity contribution in [3.05, 3.63) is 10.8 Å². The first-order valence-electron chi connectivity index (χ1n) is 3.25. The van der Waals surface area contributed by atoms with Crippen molar-refractivity contribution in [1.82, 2.24) is 15.0 Å². The SMILES string of the molecule is CC(C)(O)Cn1cc(Br)nn1. The average molecular weight is 220 g/mol. The molecule has 0 bridgehead atoms. The standard InChI is InChI=1S/C6H10BrN3O/c1-6(2,11)4-10-3-5(7)8-9-10/h3,11H,4H2,1-2H3. The lowest BCUT2D eigenvalue weighted by atomic mass is 10.1. The van der Waals surface area contributed by atoms with Gasteiger partial charge in [0.2, 0.25) is 0 Å². The van der Waals surface area contributed by atoms with Gasteiger partial charge in [-0.1, -0.05) is 5.21 Å². The van der Waals surface area contributed by atoms with Crippen LogP contribution >= 0.6 is 15.9 Å². The van der Waals surface area contributed by atoms with E-state index in [1.54, 1.807) is 24.7 Å². The smallest absolute Gasteiger partial charge is 0.148 e. The Morgan fingerprint density at radius 2 is 2.36 bits per heavy atom. The molecule has 11 heavy (non-hydrogen) atoms. The molecule has 0 saturated carbocycles. The van der Waals surface area contributed by atoms with Crippen molar-refractivity contribution in [2.24, 2.45) is 0 Å². The van der Waals surface area contributed by atoms with E-state index in [2.05, 4.69) is 26.2 Å². The van der Waals surface area contributed by atoms with Crippen molar-refractivity contribution in [3.63, 3.8) is 0 Å². The lowest BCUT2D eigenvalue weighted by Gasteiger charge is -2.15.